The molecule has 1 fully saturated rings. The van der Waals surface area contributed by atoms with Gasteiger partial charge < -0.3 is 4.74 Å². The molecule has 112 valence electrons. The van der Waals surface area contributed by atoms with Gasteiger partial charge >= 0.3 is 11.9 Å². The third kappa shape index (κ3) is 3.42. The summed E-state index contributed by atoms with van der Waals surface area (Å²) in [4.78, 5) is 9.96. The first-order valence-electron chi connectivity index (χ1n) is 6.13. The van der Waals surface area contributed by atoms with Gasteiger partial charge in [-0.3, -0.25) is 10.1 Å². The second-order valence-electron chi connectivity index (χ2n) is 5.06. The highest BCUT2D eigenvalue weighted by atomic mass is 19.4. The van der Waals surface area contributed by atoms with E-state index in [0.29, 0.717) is 6.07 Å². The van der Waals surface area contributed by atoms with E-state index in [-0.39, 0.29) is 24.2 Å². The second kappa shape index (κ2) is 5.24. The molecule has 21 heavy (non-hydrogen) atoms. The Labute approximate surface area is 118 Å². The van der Waals surface area contributed by atoms with Gasteiger partial charge in [-0.05, 0) is 25.0 Å². The second-order valence-corrected chi connectivity index (χ2v) is 5.06. The molecule has 0 bridgehead atoms. The Morgan fingerprint density at radius 2 is 2.10 bits per heavy atom. The molecule has 0 aromatic heterocycles. The summed E-state index contributed by atoms with van der Waals surface area (Å²) in [6, 6.07) is 4.16. The number of nitro benzene ring substituents is 1. The molecule has 0 atom stereocenters. The van der Waals surface area contributed by atoms with Crippen LogP contribution in [0.25, 0.3) is 0 Å². The van der Waals surface area contributed by atoms with Crippen molar-refractivity contribution >= 4 is 5.69 Å². The molecular weight excluding hydrogens is 289 g/mol. The van der Waals surface area contributed by atoms with Crippen LogP contribution in [0.1, 0.15) is 24.8 Å². The number of hydrogen-bond acceptors (Lipinski definition) is 4. The molecule has 0 aliphatic heterocycles. The largest absolute Gasteiger partial charge is 0.486 e. The van der Waals surface area contributed by atoms with Crippen LogP contribution in [0.15, 0.2) is 18.2 Å². The summed E-state index contributed by atoms with van der Waals surface area (Å²) in [6.45, 7) is 0.0900. The summed E-state index contributed by atoms with van der Waals surface area (Å²) < 4.78 is 42.9. The van der Waals surface area contributed by atoms with E-state index in [2.05, 4.69) is 0 Å². The number of ether oxygens (including phenoxy) is 1. The van der Waals surface area contributed by atoms with Crippen molar-refractivity contribution in [2.45, 2.75) is 25.4 Å². The lowest BCUT2D eigenvalue weighted by Crippen LogP contribution is -2.13. The van der Waals surface area contributed by atoms with E-state index in [1.807, 2.05) is 6.07 Å². The van der Waals surface area contributed by atoms with Gasteiger partial charge in [0.2, 0.25) is 0 Å². The highest BCUT2D eigenvalue weighted by molar-refractivity contribution is 5.49. The maximum atomic E-state index is 12.5. The number of benzene rings is 1. The van der Waals surface area contributed by atoms with Crippen LogP contribution in [0.4, 0.5) is 18.9 Å². The summed E-state index contributed by atoms with van der Waals surface area (Å²) >= 11 is 0. The molecular formula is C13H11F3N2O3. The fraction of sp³-hybridized carbons (Fsp3) is 0.462. The third-order valence-electron chi connectivity index (χ3n) is 3.43. The molecule has 0 heterocycles. The molecule has 0 N–H and O–H groups in total. The van der Waals surface area contributed by atoms with Crippen LogP contribution >= 0.6 is 0 Å². The molecule has 0 unspecified atom stereocenters. The maximum absolute atomic E-state index is 12.5. The van der Waals surface area contributed by atoms with E-state index in [4.69, 9.17) is 10.00 Å². The summed E-state index contributed by atoms with van der Waals surface area (Å²) in [5.74, 6) is -0.211. The van der Waals surface area contributed by atoms with Crippen molar-refractivity contribution in [2.24, 2.45) is 5.41 Å². The fourth-order valence-electron chi connectivity index (χ4n) is 1.91. The highest BCUT2D eigenvalue weighted by Crippen LogP contribution is 2.49. The van der Waals surface area contributed by atoms with Crippen molar-refractivity contribution in [3.63, 3.8) is 0 Å². The van der Waals surface area contributed by atoms with E-state index in [1.54, 1.807) is 0 Å². The van der Waals surface area contributed by atoms with Gasteiger partial charge in [0.05, 0.1) is 23.2 Å². The zero-order valence-electron chi connectivity index (χ0n) is 10.8. The van der Waals surface area contributed by atoms with Crippen LogP contribution in [-0.2, 0) is 6.18 Å². The lowest BCUT2D eigenvalue weighted by molar-refractivity contribution is -0.386. The van der Waals surface area contributed by atoms with Crippen LogP contribution in [0.2, 0.25) is 0 Å². The maximum Gasteiger partial charge on any atom is 0.416 e. The predicted octanol–water partition coefficient (Wildman–Crippen LogP) is 3.69. The van der Waals surface area contributed by atoms with E-state index in [0.717, 1.165) is 25.0 Å². The van der Waals surface area contributed by atoms with Gasteiger partial charge in [0.15, 0.2) is 5.75 Å². The molecule has 8 heteroatoms. The fourth-order valence-corrected chi connectivity index (χ4v) is 1.91. The Balaban J connectivity index is 2.20. The van der Waals surface area contributed by atoms with Gasteiger partial charge in [0.25, 0.3) is 0 Å². The van der Waals surface area contributed by atoms with Gasteiger partial charge in [0.1, 0.15) is 0 Å². The molecule has 0 amide bonds. The Hall–Kier alpha value is -2.30. The van der Waals surface area contributed by atoms with Gasteiger partial charge in [-0.2, -0.15) is 18.4 Å². The number of nitrogens with zero attached hydrogens (tertiary/aromatic N) is 2. The number of hydrogen-bond donors (Lipinski definition) is 0. The minimum atomic E-state index is -4.65. The quantitative estimate of drug-likeness (QED) is 0.614. The Kier molecular flexibility index (Phi) is 3.77. The Bertz CT molecular complexity index is 604. The Morgan fingerprint density at radius 3 is 2.57 bits per heavy atom. The van der Waals surface area contributed by atoms with E-state index >= 15 is 0 Å². The normalized spacial score (nSPS) is 16.1. The van der Waals surface area contributed by atoms with Crippen LogP contribution in [-0.4, -0.2) is 11.5 Å². The van der Waals surface area contributed by atoms with Crippen LogP contribution < -0.4 is 4.74 Å². The van der Waals surface area contributed by atoms with Crippen molar-refractivity contribution in [2.75, 3.05) is 6.61 Å². The van der Waals surface area contributed by atoms with E-state index in [9.17, 15) is 23.3 Å². The average Bonchev–Trinajstić information content (AvgIpc) is 3.15. The predicted molar refractivity (Wildman–Crippen MR) is 65.5 cm³/mol. The summed E-state index contributed by atoms with van der Waals surface area (Å²) in [6.07, 6.45) is -2.84. The average molecular weight is 300 g/mol. The summed E-state index contributed by atoms with van der Waals surface area (Å²) in [7, 11) is 0. The molecule has 1 aliphatic rings. The molecule has 1 aliphatic carbocycles. The highest BCUT2D eigenvalue weighted by Gasteiger charge is 2.44. The van der Waals surface area contributed by atoms with Gasteiger partial charge in [-0.15, -0.1) is 0 Å². The summed E-state index contributed by atoms with van der Waals surface area (Å²) in [5, 5.41) is 19.5. The van der Waals surface area contributed by atoms with Crippen molar-refractivity contribution in [1.29, 1.82) is 5.26 Å². The van der Waals surface area contributed by atoms with E-state index in [1.165, 1.54) is 0 Å². The molecule has 5 nitrogen and oxygen atoms in total. The topological polar surface area (TPSA) is 76.2 Å². The standard InChI is InChI=1S/C13H11F3N2O3/c14-13(15,16)9-1-2-11(10(7-9)18(19)20)21-8-12(3-4-12)5-6-17/h1-2,7H,3-5,8H2. The first kappa shape index (κ1) is 15.1. The molecule has 2 rings (SSSR count). The van der Waals surface area contributed by atoms with Crippen molar-refractivity contribution in [3.05, 3.63) is 33.9 Å². The molecule has 0 spiro atoms. The zero-order valence-corrected chi connectivity index (χ0v) is 10.8. The van der Waals surface area contributed by atoms with Gasteiger partial charge in [-0.1, -0.05) is 0 Å². The van der Waals surface area contributed by atoms with Crippen molar-refractivity contribution in [1.82, 2.24) is 0 Å². The summed E-state index contributed by atoms with van der Waals surface area (Å²) in [5.41, 5.74) is -2.14. The zero-order chi connectivity index (χ0) is 15.7. The third-order valence-corrected chi connectivity index (χ3v) is 3.43. The Morgan fingerprint density at radius 1 is 1.43 bits per heavy atom. The smallest absolute Gasteiger partial charge is 0.416 e. The lowest BCUT2D eigenvalue weighted by Gasteiger charge is -2.14. The minimum absolute atomic E-state index is 0.0900. The molecule has 0 saturated heterocycles. The monoisotopic (exact) mass is 300 g/mol. The molecule has 1 aromatic rings. The van der Waals surface area contributed by atoms with E-state index < -0.39 is 22.4 Å². The lowest BCUT2D eigenvalue weighted by atomic mass is 10.1. The number of halogens is 3. The molecule has 1 aromatic carbocycles. The van der Waals surface area contributed by atoms with Gasteiger partial charge in [0, 0.05) is 17.9 Å². The first-order valence-corrected chi connectivity index (χ1v) is 6.13. The van der Waals surface area contributed by atoms with Crippen LogP contribution in [0.3, 0.4) is 0 Å². The molecule has 1 saturated carbocycles. The SMILES string of the molecule is N#CCC1(COc2ccc(C(F)(F)F)cc2[N+](=O)[O-])CC1. The minimum Gasteiger partial charge on any atom is -0.486 e. The van der Waals surface area contributed by atoms with Crippen molar-refractivity contribution < 1.29 is 22.8 Å². The van der Waals surface area contributed by atoms with Gasteiger partial charge in [-0.25, -0.2) is 0 Å². The number of rotatable bonds is 5. The van der Waals surface area contributed by atoms with Crippen molar-refractivity contribution in [3.8, 4) is 11.8 Å². The van der Waals surface area contributed by atoms with Crippen LogP contribution in [0, 0.1) is 26.9 Å². The first-order chi connectivity index (χ1) is 9.77. The number of alkyl halides is 3. The van der Waals surface area contributed by atoms with Crippen LogP contribution in [0.5, 0.6) is 5.75 Å². The number of nitriles is 1. The molecule has 0 radical (unpaired) electrons. The number of nitro groups is 1.